The molecule has 11 heavy (non-hydrogen) atoms. The van der Waals surface area contributed by atoms with Crippen molar-refractivity contribution >= 4 is 5.69 Å². The molecule has 3 nitrogen and oxygen atoms in total. The molecule has 62 valence electrons. The summed E-state index contributed by atoms with van der Waals surface area (Å²) >= 11 is 0. The number of nitrogens with two attached hydrogens (primary N) is 1. The van der Waals surface area contributed by atoms with Gasteiger partial charge in [-0.1, -0.05) is 0 Å². The SMILES string of the molecule is Nc1cnn(CC(F)(F)F)c1. The Bertz CT molecular complexity index is 239. The summed E-state index contributed by atoms with van der Waals surface area (Å²) in [4.78, 5) is 0. The predicted octanol–water partition coefficient (Wildman–Crippen LogP) is 1.03. The third-order valence-corrected chi connectivity index (χ3v) is 0.994. The van der Waals surface area contributed by atoms with Crippen LogP contribution in [0.2, 0.25) is 0 Å². The van der Waals surface area contributed by atoms with Crippen LogP contribution in [-0.4, -0.2) is 16.0 Å². The Morgan fingerprint density at radius 1 is 1.55 bits per heavy atom. The topological polar surface area (TPSA) is 43.8 Å². The van der Waals surface area contributed by atoms with Crippen LogP contribution < -0.4 is 5.73 Å². The lowest BCUT2D eigenvalue weighted by atomic mass is 10.6. The van der Waals surface area contributed by atoms with Gasteiger partial charge in [0.25, 0.3) is 0 Å². The van der Waals surface area contributed by atoms with Gasteiger partial charge in [0.05, 0.1) is 11.9 Å². The highest BCUT2D eigenvalue weighted by Gasteiger charge is 2.28. The van der Waals surface area contributed by atoms with Crippen LogP contribution in [0, 0.1) is 0 Å². The first-order valence-corrected chi connectivity index (χ1v) is 2.82. The molecule has 0 aromatic carbocycles. The fraction of sp³-hybridized carbons (Fsp3) is 0.400. The smallest absolute Gasteiger partial charge is 0.396 e. The molecule has 1 heterocycles. The maximum Gasteiger partial charge on any atom is 0.408 e. The first-order valence-electron chi connectivity index (χ1n) is 2.82. The van der Waals surface area contributed by atoms with E-state index in [-0.39, 0.29) is 5.69 Å². The second kappa shape index (κ2) is 2.44. The van der Waals surface area contributed by atoms with Gasteiger partial charge < -0.3 is 5.73 Å². The molecule has 0 amide bonds. The minimum absolute atomic E-state index is 0.231. The molecule has 0 fully saturated rings. The molecule has 1 aromatic heterocycles. The number of nitrogens with zero attached hydrogens (tertiary/aromatic N) is 2. The summed E-state index contributed by atoms with van der Waals surface area (Å²) in [6, 6.07) is 0. The van der Waals surface area contributed by atoms with Gasteiger partial charge in [-0.2, -0.15) is 18.3 Å². The van der Waals surface area contributed by atoms with Crippen molar-refractivity contribution in [1.29, 1.82) is 0 Å². The molecule has 0 aliphatic rings. The Morgan fingerprint density at radius 3 is 2.55 bits per heavy atom. The molecule has 0 radical (unpaired) electrons. The summed E-state index contributed by atoms with van der Waals surface area (Å²) in [7, 11) is 0. The van der Waals surface area contributed by atoms with Crippen LogP contribution in [0.1, 0.15) is 0 Å². The lowest BCUT2D eigenvalue weighted by Gasteiger charge is -2.04. The zero-order valence-corrected chi connectivity index (χ0v) is 5.47. The number of anilines is 1. The lowest BCUT2D eigenvalue weighted by molar-refractivity contribution is -0.142. The van der Waals surface area contributed by atoms with Crippen LogP contribution >= 0.6 is 0 Å². The molecule has 0 unspecified atom stereocenters. The Morgan fingerprint density at radius 2 is 2.18 bits per heavy atom. The standard InChI is InChI=1S/C5H6F3N3/c6-5(7,8)3-11-2-4(9)1-10-11/h1-2H,3,9H2. The Labute approximate surface area is 60.6 Å². The van der Waals surface area contributed by atoms with Crippen molar-refractivity contribution in [2.75, 3.05) is 5.73 Å². The fourth-order valence-electron chi connectivity index (χ4n) is 0.650. The maximum atomic E-state index is 11.6. The van der Waals surface area contributed by atoms with Gasteiger partial charge in [-0.3, -0.25) is 4.68 Å². The molecule has 0 bridgehead atoms. The van der Waals surface area contributed by atoms with Crippen LogP contribution in [0.4, 0.5) is 18.9 Å². The highest BCUT2D eigenvalue weighted by molar-refractivity contribution is 5.30. The summed E-state index contributed by atoms with van der Waals surface area (Å²) in [5, 5.41) is 3.37. The average molecular weight is 165 g/mol. The molecule has 6 heteroatoms. The van der Waals surface area contributed by atoms with Crippen molar-refractivity contribution in [2.45, 2.75) is 12.7 Å². The summed E-state index contributed by atoms with van der Waals surface area (Å²) in [6.45, 7) is -1.09. The monoisotopic (exact) mass is 165 g/mol. The molecule has 0 aliphatic heterocycles. The molecular formula is C5H6F3N3. The summed E-state index contributed by atoms with van der Waals surface area (Å²) in [5.41, 5.74) is 5.38. The van der Waals surface area contributed by atoms with Gasteiger partial charge in [-0.15, -0.1) is 0 Å². The Hall–Kier alpha value is -1.20. The van der Waals surface area contributed by atoms with Gasteiger partial charge in [-0.05, 0) is 0 Å². The third kappa shape index (κ3) is 2.48. The average Bonchev–Trinajstić information content (AvgIpc) is 2.10. The molecular weight excluding hydrogens is 159 g/mol. The van der Waals surface area contributed by atoms with Crippen molar-refractivity contribution in [3.05, 3.63) is 12.4 Å². The predicted molar refractivity (Wildman–Crippen MR) is 32.7 cm³/mol. The molecule has 0 spiro atoms. The molecule has 0 saturated carbocycles. The highest BCUT2D eigenvalue weighted by Crippen LogP contribution is 2.17. The van der Waals surface area contributed by atoms with Gasteiger partial charge in [0.2, 0.25) is 0 Å². The number of rotatable bonds is 1. The van der Waals surface area contributed by atoms with E-state index >= 15 is 0 Å². The Balaban J connectivity index is 2.65. The van der Waals surface area contributed by atoms with Crippen LogP contribution in [-0.2, 0) is 6.54 Å². The van der Waals surface area contributed by atoms with Crippen molar-refractivity contribution in [3.8, 4) is 0 Å². The van der Waals surface area contributed by atoms with E-state index in [0.29, 0.717) is 0 Å². The van der Waals surface area contributed by atoms with Gasteiger partial charge in [0, 0.05) is 6.20 Å². The van der Waals surface area contributed by atoms with Crippen molar-refractivity contribution in [1.82, 2.24) is 9.78 Å². The largest absolute Gasteiger partial charge is 0.408 e. The zero-order chi connectivity index (χ0) is 8.48. The minimum atomic E-state index is -4.24. The highest BCUT2D eigenvalue weighted by atomic mass is 19.4. The molecule has 1 aromatic rings. The van der Waals surface area contributed by atoms with Gasteiger partial charge in [0.1, 0.15) is 6.54 Å². The molecule has 0 atom stereocenters. The van der Waals surface area contributed by atoms with E-state index in [2.05, 4.69) is 5.10 Å². The first kappa shape index (κ1) is 7.90. The number of aromatic nitrogens is 2. The van der Waals surface area contributed by atoms with E-state index < -0.39 is 12.7 Å². The van der Waals surface area contributed by atoms with Crippen molar-refractivity contribution in [2.24, 2.45) is 0 Å². The number of hydrogen-bond donors (Lipinski definition) is 1. The van der Waals surface area contributed by atoms with Gasteiger partial charge in [0.15, 0.2) is 0 Å². The minimum Gasteiger partial charge on any atom is -0.396 e. The van der Waals surface area contributed by atoms with Crippen LogP contribution in [0.3, 0.4) is 0 Å². The summed E-state index contributed by atoms with van der Waals surface area (Å²) < 4.78 is 35.7. The van der Waals surface area contributed by atoms with Crippen molar-refractivity contribution in [3.63, 3.8) is 0 Å². The van der Waals surface area contributed by atoms with Crippen LogP contribution in [0.15, 0.2) is 12.4 Å². The van der Waals surface area contributed by atoms with E-state index in [9.17, 15) is 13.2 Å². The van der Waals surface area contributed by atoms with E-state index in [1.165, 1.54) is 6.20 Å². The number of halogens is 3. The zero-order valence-electron chi connectivity index (χ0n) is 5.47. The van der Waals surface area contributed by atoms with Gasteiger partial charge in [-0.25, -0.2) is 0 Å². The number of nitrogen functional groups attached to an aromatic ring is 1. The molecule has 2 N–H and O–H groups in total. The quantitative estimate of drug-likeness (QED) is 0.675. The normalized spacial score (nSPS) is 11.9. The van der Waals surface area contributed by atoms with Crippen LogP contribution in [0.5, 0.6) is 0 Å². The summed E-state index contributed by atoms with van der Waals surface area (Å²) in [6.07, 6.45) is -1.93. The first-order chi connectivity index (χ1) is 4.97. The van der Waals surface area contributed by atoms with E-state index in [4.69, 9.17) is 5.73 Å². The third-order valence-electron chi connectivity index (χ3n) is 0.994. The molecule has 1 rings (SSSR count). The van der Waals surface area contributed by atoms with E-state index in [1.807, 2.05) is 0 Å². The maximum absolute atomic E-state index is 11.6. The van der Waals surface area contributed by atoms with Gasteiger partial charge >= 0.3 is 6.18 Å². The second-order valence-corrected chi connectivity index (χ2v) is 2.09. The Kier molecular flexibility index (Phi) is 1.76. The van der Waals surface area contributed by atoms with E-state index in [1.54, 1.807) is 0 Å². The lowest BCUT2D eigenvalue weighted by Crippen LogP contribution is -2.17. The molecule has 0 saturated heterocycles. The van der Waals surface area contributed by atoms with Crippen molar-refractivity contribution < 1.29 is 13.2 Å². The molecule has 0 aliphatic carbocycles. The fourth-order valence-corrected chi connectivity index (χ4v) is 0.650. The second-order valence-electron chi connectivity index (χ2n) is 2.09. The van der Waals surface area contributed by atoms with E-state index in [0.717, 1.165) is 10.9 Å². The number of alkyl halides is 3. The summed E-state index contributed by atoms with van der Waals surface area (Å²) in [5.74, 6) is 0. The van der Waals surface area contributed by atoms with Crippen LogP contribution in [0.25, 0.3) is 0 Å². The number of hydrogen-bond acceptors (Lipinski definition) is 2.